The van der Waals surface area contributed by atoms with E-state index in [4.69, 9.17) is 5.21 Å². The van der Waals surface area contributed by atoms with E-state index in [1.807, 2.05) is 0 Å². The van der Waals surface area contributed by atoms with Gasteiger partial charge in [-0.05, 0) is 53.9 Å². The molecule has 3 nitrogen and oxygen atoms in total. The van der Waals surface area contributed by atoms with Gasteiger partial charge in [0.1, 0.15) is 0 Å². The fourth-order valence-electron chi connectivity index (χ4n) is 3.65. The van der Waals surface area contributed by atoms with Crippen molar-refractivity contribution < 1.29 is 18.4 Å². The van der Waals surface area contributed by atoms with Crippen molar-refractivity contribution in [2.45, 2.75) is 24.9 Å². The van der Waals surface area contributed by atoms with Crippen molar-refractivity contribution >= 4 is 22.1 Å². The van der Waals surface area contributed by atoms with Gasteiger partial charge in [0.2, 0.25) is 0 Å². The molecule has 1 N–H and O–H groups in total. The molecule has 3 rings (SSSR count). The molecule has 0 spiro atoms. The third kappa shape index (κ3) is 4.19. The maximum atomic E-state index is 14.0. The van der Waals surface area contributed by atoms with Gasteiger partial charge in [-0.1, -0.05) is 46.3 Å². The molecule has 1 atom stereocenters. The highest BCUT2D eigenvalue weighted by Gasteiger charge is 2.43. The van der Waals surface area contributed by atoms with E-state index in [1.165, 1.54) is 18.3 Å². The van der Waals surface area contributed by atoms with Crippen molar-refractivity contribution in [3.05, 3.63) is 99.3 Å². The Labute approximate surface area is 175 Å². The standard InChI is InChI=1S/C22H18BrF3N2O/c1-15-14-17(10-12-27-15)21(11-13-28-29,16-6-8-18(23)9-7-16)19-4-2-3-5-20(19)22(24,25)26/h2-10,12-14,29H,11H2,1H3/b28-13+. The van der Waals surface area contributed by atoms with Crippen LogP contribution in [0.4, 0.5) is 13.2 Å². The SMILES string of the molecule is Cc1cc(C(C/C=N/O)(c2ccc(Br)cc2)c2ccccc2C(F)(F)F)ccn1. The lowest BCUT2D eigenvalue weighted by Gasteiger charge is -2.36. The van der Waals surface area contributed by atoms with E-state index < -0.39 is 17.2 Å². The minimum atomic E-state index is -4.55. The van der Waals surface area contributed by atoms with Crippen LogP contribution in [0.2, 0.25) is 0 Å². The molecule has 0 radical (unpaired) electrons. The van der Waals surface area contributed by atoms with E-state index in [-0.39, 0.29) is 12.0 Å². The molecule has 150 valence electrons. The van der Waals surface area contributed by atoms with Gasteiger partial charge < -0.3 is 5.21 Å². The van der Waals surface area contributed by atoms with E-state index in [2.05, 4.69) is 26.1 Å². The average Bonchev–Trinajstić information content (AvgIpc) is 2.69. The number of pyridine rings is 1. The summed E-state index contributed by atoms with van der Waals surface area (Å²) < 4.78 is 42.7. The predicted octanol–water partition coefficient (Wildman–Crippen LogP) is 6.36. The average molecular weight is 463 g/mol. The minimum absolute atomic E-state index is 0.0294. The van der Waals surface area contributed by atoms with Crippen LogP contribution >= 0.6 is 15.9 Å². The Morgan fingerprint density at radius 3 is 2.24 bits per heavy atom. The van der Waals surface area contributed by atoms with Crippen molar-refractivity contribution in [2.75, 3.05) is 0 Å². The van der Waals surface area contributed by atoms with Gasteiger partial charge in [0, 0.05) is 29.0 Å². The molecule has 29 heavy (non-hydrogen) atoms. The largest absolute Gasteiger partial charge is 0.416 e. The second-order valence-electron chi connectivity index (χ2n) is 6.64. The zero-order valence-electron chi connectivity index (χ0n) is 15.5. The number of hydrogen-bond donors (Lipinski definition) is 1. The molecule has 0 saturated carbocycles. The van der Waals surface area contributed by atoms with Crippen LogP contribution in [0.3, 0.4) is 0 Å². The smallest absolute Gasteiger partial charge is 0.411 e. The summed E-state index contributed by atoms with van der Waals surface area (Å²) in [5.41, 5.74) is 0.0671. The highest BCUT2D eigenvalue weighted by Crippen LogP contribution is 2.47. The number of rotatable bonds is 5. The summed E-state index contributed by atoms with van der Waals surface area (Å²) in [6, 6.07) is 16.1. The third-order valence-corrected chi connectivity index (χ3v) is 5.43. The molecule has 3 aromatic rings. The molecular weight excluding hydrogens is 445 g/mol. The first-order valence-corrected chi connectivity index (χ1v) is 9.60. The number of halogens is 4. The maximum Gasteiger partial charge on any atom is 0.416 e. The molecule has 0 aliphatic rings. The quantitative estimate of drug-likeness (QED) is 0.272. The molecule has 7 heteroatoms. The molecule has 1 unspecified atom stereocenters. The molecule has 0 amide bonds. The predicted molar refractivity (Wildman–Crippen MR) is 109 cm³/mol. The van der Waals surface area contributed by atoms with E-state index in [9.17, 15) is 13.2 Å². The van der Waals surface area contributed by atoms with Crippen LogP contribution in [-0.4, -0.2) is 16.4 Å². The molecule has 0 fully saturated rings. The lowest BCUT2D eigenvalue weighted by atomic mass is 9.66. The summed E-state index contributed by atoms with van der Waals surface area (Å²) in [5, 5.41) is 12.2. The van der Waals surface area contributed by atoms with Gasteiger partial charge in [-0.3, -0.25) is 4.98 Å². The van der Waals surface area contributed by atoms with Gasteiger partial charge in [-0.25, -0.2) is 0 Å². The summed E-state index contributed by atoms with van der Waals surface area (Å²) in [7, 11) is 0. The Morgan fingerprint density at radius 1 is 1.00 bits per heavy atom. The molecule has 0 bridgehead atoms. The topological polar surface area (TPSA) is 45.5 Å². The Balaban J connectivity index is 2.45. The minimum Gasteiger partial charge on any atom is -0.411 e. The number of nitrogens with zero attached hydrogens (tertiary/aromatic N) is 2. The van der Waals surface area contributed by atoms with Crippen LogP contribution in [0.15, 0.2) is 76.5 Å². The molecule has 0 aliphatic carbocycles. The van der Waals surface area contributed by atoms with Crippen LogP contribution in [0.25, 0.3) is 0 Å². The Hall–Kier alpha value is -2.67. The molecule has 0 aliphatic heterocycles. The Morgan fingerprint density at radius 2 is 1.66 bits per heavy atom. The van der Waals surface area contributed by atoms with Gasteiger partial charge in [0.25, 0.3) is 0 Å². The van der Waals surface area contributed by atoms with Crippen LogP contribution in [0.5, 0.6) is 0 Å². The van der Waals surface area contributed by atoms with Crippen LogP contribution in [0.1, 0.15) is 34.4 Å². The zero-order valence-corrected chi connectivity index (χ0v) is 17.1. The van der Waals surface area contributed by atoms with Crippen molar-refractivity contribution in [1.29, 1.82) is 0 Å². The molecule has 1 heterocycles. The molecular formula is C22H18BrF3N2O. The lowest BCUT2D eigenvalue weighted by molar-refractivity contribution is -0.138. The lowest BCUT2D eigenvalue weighted by Crippen LogP contribution is -2.33. The van der Waals surface area contributed by atoms with Crippen LogP contribution in [0, 0.1) is 6.92 Å². The van der Waals surface area contributed by atoms with Crippen molar-refractivity contribution in [3.8, 4) is 0 Å². The van der Waals surface area contributed by atoms with Gasteiger partial charge in [-0.15, -0.1) is 5.16 Å². The molecule has 2 aromatic carbocycles. The maximum absolute atomic E-state index is 14.0. The highest BCUT2D eigenvalue weighted by molar-refractivity contribution is 9.10. The Bertz CT molecular complexity index is 1020. The first-order chi connectivity index (χ1) is 13.8. The van der Waals surface area contributed by atoms with Crippen LogP contribution in [-0.2, 0) is 11.6 Å². The van der Waals surface area contributed by atoms with Gasteiger partial charge in [-0.2, -0.15) is 13.2 Å². The fraction of sp³-hybridized carbons (Fsp3) is 0.182. The number of aromatic nitrogens is 1. The molecule has 0 saturated heterocycles. The second-order valence-corrected chi connectivity index (χ2v) is 7.56. The Kier molecular flexibility index (Phi) is 6.07. The summed E-state index contributed by atoms with van der Waals surface area (Å²) in [4.78, 5) is 4.19. The van der Waals surface area contributed by atoms with E-state index in [0.29, 0.717) is 16.8 Å². The monoisotopic (exact) mass is 462 g/mol. The van der Waals surface area contributed by atoms with Gasteiger partial charge in [0.05, 0.1) is 11.0 Å². The summed E-state index contributed by atoms with van der Waals surface area (Å²) in [5.74, 6) is 0. The van der Waals surface area contributed by atoms with Gasteiger partial charge >= 0.3 is 6.18 Å². The fourth-order valence-corrected chi connectivity index (χ4v) is 3.91. The van der Waals surface area contributed by atoms with E-state index in [0.717, 1.165) is 10.5 Å². The second kappa shape index (κ2) is 8.37. The summed E-state index contributed by atoms with van der Waals surface area (Å²) in [6.07, 6.45) is -1.72. The van der Waals surface area contributed by atoms with Gasteiger partial charge in [0.15, 0.2) is 0 Å². The highest BCUT2D eigenvalue weighted by atomic mass is 79.9. The number of alkyl halides is 3. The van der Waals surface area contributed by atoms with Crippen molar-refractivity contribution in [1.82, 2.24) is 4.98 Å². The summed E-state index contributed by atoms with van der Waals surface area (Å²) in [6.45, 7) is 1.78. The number of hydrogen-bond acceptors (Lipinski definition) is 3. The first-order valence-electron chi connectivity index (χ1n) is 8.81. The number of benzene rings is 2. The van der Waals surface area contributed by atoms with Crippen molar-refractivity contribution in [2.24, 2.45) is 5.16 Å². The molecule has 1 aromatic heterocycles. The normalized spacial score (nSPS) is 14.1. The summed E-state index contributed by atoms with van der Waals surface area (Å²) >= 11 is 3.38. The van der Waals surface area contributed by atoms with Crippen LogP contribution < -0.4 is 0 Å². The van der Waals surface area contributed by atoms with E-state index in [1.54, 1.807) is 55.6 Å². The van der Waals surface area contributed by atoms with E-state index >= 15 is 0 Å². The van der Waals surface area contributed by atoms with Crippen molar-refractivity contribution in [3.63, 3.8) is 0 Å². The number of aryl methyl sites for hydroxylation is 1. The zero-order chi connectivity index (χ0) is 21.1. The third-order valence-electron chi connectivity index (χ3n) is 4.90. The number of oxime groups is 1. The first kappa shape index (κ1) is 21.0.